The first-order valence-electron chi connectivity index (χ1n) is 10.7. The van der Waals surface area contributed by atoms with Crippen LogP contribution < -0.4 is 20.9 Å². The van der Waals surface area contributed by atoms with Crippen LogP contribution in [0.1, 0.15) is 27.2 Å². The third-order valence-electron chi connectivity index (χ3n) is 6.32. The van der Waals surface area contributed by atoms with Gasteiger partial charge in [-0.25, -0.2) is 9.97 Å². The number of thiophene rings is 1. The number of rotatable bonds is 4. The summed E-state index contributed by atoms with van der Waals surface area (Å²) in [5, 5.41) is 4.67. The molecule has 0 radical (unpaired) electrons. The second-order valence-electron chi connectivity index (χ2n) is 9.23. The zero-order valence-corrected chi connectivity index (χ0v) is 18.7. The molecule has 5 heterocycles. The van der Waals surface area contributed by atoms with Gasteiger partial charge in [0.1, 0.15) is 22.5 Å². The molecule has 2 aromatic heterocycles. The van der Waals surface area contributed by atoms with Crippen molar-refractivity contribution in [2.45, 2.75) is 38.5 Å². The van der Waals surface area contributed by atoms with E-state index in [1.54, 1.807) is 17.7 Å². The number of hydrogen-bond donors (Lipinski definition) is 2. The molecular formula is C21H30N6O2S. The SMILES string of the molecule is CC1(C)CC2=c3c(sc4c(NCCN5CCOCC5)ncnc34)=NC(C)(N)C2CO1. The Labute approximate surface area is 180 Å². The van der Waals surface area contributed by atoms with Crippen molar-refractivity contribution in [3.8, 4) is 0 Å². The molecule has 0 aliphatic carbocycles. The molecule has 0 saturated carbocycles. The average molecular weight is 431 g/mol. The largest absolute Gasteiger partial charge is 0.379 e. The first-order valence-corrected chi connectivity index (χ1v) is 11.5. The van der Waals surface area contributed by atoms with Crippen molar-refractivity contribution in [2.24, 2.45) is 16.6 Å². The minimum absolute atomic E-state index is 0.0727. The molecule has 9 heteroatoms. The molecule has 0 aromatic carbocycles. The average Bonchev–Trinajstić information content (AvgIpc) is 3.06. The first-order chi connectivity index (χ1) is 14.3. The van der Waals surface area contributed by atoms with Crippen molar-refractivity contribution >= 4 is 32.9 Å². The molecule has 5 rings (SSSR count). The van der Waals surface area contributed by atoms with Crippen LogP contribution in [0.5, 0.6) is 0 Å². The fraction of sp³-hybridized carbons (Fsp3) is 0.667. The summed E-state index contributed by atoms with van der Waals surface area (Å²) in [5.74, 6) is 0.952. The predicted octanol–water partition coefficient (Wildman–Crippen LogP) is 0.709. The lowest BCUT2D eigenvalue weighted by Crippen LogP contribution is -2.56. The Morgan fingerprint density at radius 1 is 1.27 bits per heavy atom. The summed E-state index contributed by atoms with van der Waals surface area (Å²) in [7, 11) is 0. The van der Waals surface area contributed by atoms with Crippen LogP contribution in [-0.4, -0.2) is 72.1 Å². The Balaban J connectivity index is 1.53. The third kappa shape index (κ3) is 3.62. The van der Waals surface area contributed by atoms with Crippen molar-refractivity contribution in [2.75, 3.05) is 51.3 Å². The van der Waals surface area contributed by atoms with Gasteiger partial charge >= 0.3 is 0 Å². The Hall–Kier alpha value is -1.65. The van der Waals surface area contributed by atoms with Crippen LogP contribution >= 0.6 is 11.3 Å². The lowest BCUT2D eigenvalue weighted by molar-refractivity contribution is -0.0539. The van der Waals surface area contributed by atoms with Crippen molar-refractivity contribution in [3.05, 3.63) is 16.2 Å². The molecule has 0 bridgehead atoms. The molecule has 8 nitrogen and oxygen atoms in total. The van der Waals surface area contributed by atoms with Crippen LogP contribution in [0.4, 0.5) is 5.82 Å². The van der Waals surface area contributed by atoms with E-state index in [0.717, 1.165) is 71.7 Å². The first kappa shape index (κ1) is 20.3. The number of nitrogens with two attached hydrogens (primary N) is 1. The van der Waals surface area contributed by atoms with E-state index in [9.17, 15) is 0 Å². The fourth-order valence-electron chi connectivity index (χ4n) is 4.67. The fourth-order valence-corrected chi connectivity index (χ4v) is 5.91. The van der Waals surface area contributed by atoms with Gasteiger partial charge < -0.3 is 20.5 Å². The molecule has 2 fully saturated rings. The maximum absolute atomic E-state index is 6.63. The molecule has 2 aromatic rings. The molecule has 0 amide bonds. The quantitative estimate of drug-likeness (QED) is 0.737. The van der Waals surface area contributed by atoms with E-state index in [1.807, 2.05) is 6.92 Å². The number of nitrogens with one attached hydrogen (secondary N) is 1. The minimum Gasteiger partial charge on any atom is -0.379 e. The van der Waals surface area contributed by atoms with Crippen LogP contribution in [0.15, 0.2) is 11.3 Å². The van der Waals surface area contributed by atoms with Gasteiger partial charge in [-0.15, -0.1) is 11.3 Å². The van der Waals surface area contributed by atoms with E-state index in [1.165, 1.54) is 5.57 Å². The van der Waals surface area contributed by atoms with Gasteiger partial charge in [0.05, 0.1) is 35.6 Å². The highest BCUT2D eigenvalue weighted by atomic mass is 32.1. The van der Waals surface area contributed by atoms with Gasteiger partial charge in [0, 0.05) is 37.3 Å². The highest BCUT2D eigenvalue weighted by Gasteiger charge is 2.43. The van der Waals surface area contributed by atoms with E-state index in [-0.39, 0.29) is 11.5 Å². The molecule has 2 saturated heterocycles. The van der Waals surface area contributed by atoms with Crippen LogP contribution in [0.3, 0.4) is 0 Å². The summed E-state index contributed by atoms with van der Waals surface area (Å²) < 4.78 is 13.5. The highest BCUT2D eigenvalue weighted by Crippen LogP contribution is 2.39. The molecule has 30 heavy (non-hydrogen) atoms. The molecule has 3 N–H and O–H groups in total. The zero-order valence-electron chi connectivity index (χ0n) is 17.9. The number of fused-ring (bicyclic) bond motifs is 4. The smallest absolute Gasteiger partial charge is 0.147 e. The molecule has 2 unspecified atom stereocenters. The topological polar surface area (TPSA) is 97.9 Å². The van der Waals surface area contributed by atoms with Gasteiger partial charge in [-0.2, -0.15) is 0 Å². The minimum atomic E-state index is -0.670. The molecule has 3 aliphatic rings. The van der Waals surface area contributed by atoms with Crippen LogP contribution in [-0.2, 0) is 9.47 Å². The molecule has 0 spiro atoms. The van der Waals surface area contributed by atoms with Crippen molar-refractivity contribution in [1.82, 2.24) is 14.9 Å². The van der Waals surface area contributed by atoms with Gasteiger partial charge in [0.2, 0.25) is 0 Å². The van der Waals surface area contributed by atoms with E-state index in [0.29, 0.717) is 6.61 Å². The van der Waals surface area contributed by atoms with Crippen LogP contribution in [0.25, 0.3) is 15.8 Å². The summed E-state index contributed by atoms with van der Waals surface area (Å²) in [6, 6.07) is 0. The Bertz CT molecular complexity index is 1070. The third-order valence-corrected chi connectivity index (χ3v) is 7.40. The molecule has 3 aliphatic heterocycles. The summed E-state index contributed by atoms with van der Waals surface area (Å²) in [5.41, 5.74) is 8.06. The van der Waals surface area contributed by atoms with E-state index in [4.69, 9.17) is 20.2 Å². The van der Waals surface area contributed by atoms with Crippen molar-refractivity contribution in [1.29, 1.82) is 0 Å². The summed E-state index contributed by atoms with van der Waals surface area (Å²) in [6.45, 7) is 12.3. The standard InChI is InChI=1S/C21H30N6O2S/c1-20(2)10-13-14(11-29-20)21(3,22)26-19-15(13)16-17(30-19)18(25-12-24-16)23-4-5-27-6-8-28-9-7-27/h12,14H,4-11,22H2,1-3H3,(H,23,24,25). The lowest BCUT2D eigenvalue weighted by Gasteiger charge is -2.43. The monoisotopic (exact) mass is 430 g/mol. The van der Waals surface area contributed by atoms with Crippen LogP contribution in [0.2, 0.25) is 0 Å². The number of ether oxygens (including phenoxy) is 2. The summed E-state index contributed by atoms with van der Waals surface area (Å²) in [4.78, 5) is 16.5. The maximum Gasteiger partial charge on any atom is 0.147 e. The van der Waals surface area contributed by atoms with E-state index < -0.39 is 5.66 Å². The normalized spacial score (nSPS) is 28.7. The Morgan fingerprint density at radius 2 is 2.07 bits per heavy atom. The van der Waals surface area contributed by atoms with Gasteiger partial charge in [-0.05, 0) is 32.8 Å². The highest BCUT2D eigenvalue weighted by molar-refractivity contribution is 7.17. The molecular weight excluding hydrogens is 400 g/mol. The van der Waals surface area contributed by atoms with E-state index in [2.05, 4.69) is 34.0 Å². The number of hydrogen-bond acceptors (Lipinski definition) is 9. The zero-order chi connectivity index (χ0) is 20.9. The van der Waals surface area contributed by atoms with Gasteiger partial charge in [-0.1, -0.05) is 0 Å². The number of anilines is 1. The summed E-state index contributed by atoms with van der Waals surface area (Å²) >= 11 is 1.64. The number of nitrogens with zero attached hydrogens (tertiary/aromatic N) is 4. The Kier molecular flexibility index (Phi) is 5.06. The lowest BCUT2D eigenvalue weighted by atomic mass is 9.78. The van der Waals surface area contributed by atoms with Crippen molar-refractivity contribution < 1.29 is 9.47 Å². The predicted molar refractivity (Wildman–Crippen MR) is 118 cm³/mol. The second-order valence-corrected chi connectivity index (χ2v) is 10.2. The summed E-state index contributed by atoms with van der Waals surface area (Å²) in [6.07, 6.45) is 2.49. The van der Waals surface area contributed by atoms with Crippen molar-refractivity contribution in [3.63, 3.8) is 0 Å². The van der Waals surface area contributed by atoms with Gasteiger partial charge in [0.25, 0.3) is 0 Å². The van der Waals surface area contributed by atoms with Crippen LogP contribution in [0, 0.1) is 5.92 Å². The maximum atomic E-state index is 6.63. The molecule has 162 valence electrons. The van der Waals surface area contributed by atoms with Gasteiger partial charge in [-0.3, -0.25) is 9.89 Å². The Morgan fingerprint density at radius 3 is 2.87 bits per heavy atom. The van der Waals surface area contributed by atoms with E-state index >= 15 is 0 Å². The molecule has 2 atom stereocenters. The van der Waals surface area contributed by atoms with Gasteiger partial charge in [0.15, 0.2) is 0 Å². The number of aromatic nitrogens is 2. The second kappa shape index (κ2) is 7.49. The number of morpholine rings is 1.